The first-order valence-corrected chi connectivity index (χ1v) is 7.95. The van der Waals surface area contributed by atoms with Crippen LogP contribution in [0.5, 0.6) is 0 Å². The molecule has 0 spiro atoms. The maximum atomic E-state index is 12.1. The third-order valence-electron chi connectivity index (χ3n) is 4.32. The molecule has 0 saturated heterocycles. The molecule has 0 radical (unpaired) electrons. The van der Waals surface area contributed by atoms with Crippen molar-refractivity contribution in [1.29, 1.82) is 5.26 Å². The lowest BCUT2D eigenvalue weighted by Crippen LogP contribution is -2.49. The van der Waals surface area contributed by atoms with E-state index in [4.69, 9.17) is 0 Å². The Morgan fingerprint density at radius 3 is 2.45 bits per heavy atom. The number of nitrogens with one attached hydrogen (secondary N) is 1. The molecule has 0 heterocycles. The van der Waals surface area contributed by atoms with Gasteiger partial charge in [-0.2, -0.15) is 5.26 Å². The van der Waals surface area contributed by atoms with Crippen LogP contribution in [0.2, 0.25) is 0 Å². The number of rotatable bonds is 7. The lowest BCUT2D eigenvalue weighted by atomic mass is 9.98. The van der Waals surface area contributed by atoms with E-state index in [0.717, 1.165) is 25.8 Å². The molecule has 1 saturated carbocycles. The Morgan fingerprint density at radius 2 is 1.95 bits per heavy atom. The molecule has 2 rings (SSSR count). The Labute approximate surface area is 133 Å². The Hall–Kier alpha value is -1.86. The number of likely N-dealkylation sites (N-methyl/N-ethyl adjacent to an activating group) is 1. The van der Waals surface area contributed by atoms with Gasteiger partial charge in [0.15, 0.2) is 0 Å². The third kappa shape index (κ3) is 4.32. The van der Waals surface area contributed by atoms with E-state index in [0.29, 0.717) is 12.5 Å². The molecule has 4 heteroatoms. The Morgan fingerprint density at radius 1 is 1.36 bits per heavy atom. The zero-order valence-corrected chi connectivity index (χ0v) is 13.7. The molecule has 0 bridgehead atoms. The monoisotopic (exact) mass is 299 g/mol. The molecule has 1 atom stereocenters. The van der Waals surface area contributed by atoms with Crippen molar-refractivity contribution >= 4 is 5.91 Å². The van der Waals surface area contributed by atoms with Crippen LogP contribution in [0.25, 0.3) is 0 Å². The summed E-state index contributed by atoms with van der Waals surface area (Å²) in [5.74, 6) is 0.233. The largest absolute Gasteiger partial charge is 0.337 e. The maximum Gasteiger partial charge on any atom is 0.235 e. The number of aryl methyl sites for hydroxylation is 1. The van der Waals surface area contributed by atoms with Gasteiger partial charge in [-0.1, -0.05) is 31.2 Å². The minimum atomic E-state index is -0.708. The number of carbonyl (C=O) groups is 1. The average Bonchev–Trinajstić information content (AvgIpc) is 3.32. The Kier molecular flexibility index (Phi) is 5.20. The predicted molar refractivity (Wildman–Crippen MR) is 87.0 cm³/mol. The first kappa shape index (κ1) is 16.5. The molecular weight excluding hydrogens is 274 g/mol. The van der Waals surface area contributed by atoms with Crippen LogP contribution in [0.15, 0.2) is 24.3 Å². The highest BCUT2D eigenvalue weighted by molar-refractivity contribution is 5.79. The number of nitriles is 1. The zero-order valence-electron chi connectivity index (χ0n) is 13.7. The number of hydrogen-bond donors (Lipinski definition) is 1. The molecule has 0 unspecified atom stereocenters. The first-order valence-electron chi connectivity index (χ1n) is 7.95. The number of amides is 1. The average molecular weight is 299 g/mol. The maximum absolute atomic E-state index is 12.1. The van der Waals surface area contributed by atoms with Gasteiger partial charge in [0.25, 0.3) is 0 Å². The highest BCUT2D eigenvalue weighted by Crippen LogP contribution is 2.39. The van der Waals surface area contributed by atoms with E-state index in [1.165, 1.54) is 11.1 Å². The summed E-state index contributed by atoms with van der Waals surface area (Å²) in [5, 5.41) is 12.2. The first-order chi connectivity index (χ1) is 10.5. The van der Waals surface area contributed by atoms with Gasteiger partial charge >= 0.3 is 0 Å². The van der Waals surface area contributed by atoms with Gasteiger partial charge < -0.3 is 5.32 Å². The molecule has 1 aliphatic carbocycles. The van der Waals surface area contributed by atoms with Crippen molar-refractivity contribution in [1.82, 2.24) is 10.2 Å². The van der Waals surface area contributed by atoms with Crippen molar-refractivity contribution in [3.63, 3.8) is 0 Å². The third-order valence-corrected chi connectivity index (χ3v) is 4.32. The Bertz CT molecular complexity index is 557. The minimum Gasteiger partial charge on any atom is -0.337 e. The summed E-state index contributed by atoms with van der Waals surface area (Å²) in [6, 6.07) is 10.7. The molecule has 4 nitrogen and oxygen atoms in total. The summed E-state index contributed by atoms with van der Waals surface area (Å²) < 4.78 is 0. The number of carbonyl (C=O) groups excluding carboxylic acids is 1. The van der Waals surface area contributed by atoms with Crippen molar-refractivity contribution in [3.8, 4) is 6.07 Å². The van der Waals surface area contributed by atoms with E-state index in [1.807, 2.05) is 18.9 Å². The normalized spacial score (nSPS) is 16.9. The molecule has 1 amide bonds. The zero-order chi connectivity index (χ0) is 16.2. The summed E-state index contributed by atoms with van der Waals surface area (Å²) in [6.07, 6.45) is 3.10. The predicted octanol–water partition coefficient (Wildman–Crippen LogP) is 2.49. The number of nitrogens with zero attached hydrogens (tertiary/aromatic N) is 2. The lowest BCUT2D eigenvalue weighted by molar-refractivity contribution is -0.123. The van der Waals surface area contributed by atoms with Gasteiger partial charge in [-0.25, -0.2) is 0 Å². The van der Waals surface area contributed by atoms with E-state index in [1.54, 1.807) is 0 Å². The fourth-order valence-corrected chi connectivity index (χ4v) is 2.70. The van der Waals surface area contributed by atoms with E-state index in [2.05, 4.69) is 42.6 Å². The smallest absolute Gasteiger partial charge is 0.235 e. The highest BCUT2D eigenvalue weighted by Gasteiger charge is 2.42. The molecule has 1 aromatic rings. The van der Waals surface area contributed by atoms with Gasteiger partial charge in [0.05, 0.1) is 12.6 Å². The van der Waals surface area contributed by atoms with Crippen molar-refractivity contribution in [2.24, 2.45) is 5.92 Å². The van der Waals surface area contributed by atoms with Crippen molar-refractivity contribution in [2.45, 2.75) is 45.2 Å². The van der Waals surface area contributed by atoms with Gasteiger partial charge in [0, 0.05) is 6.54 Å². The molecular formula is C18H25N3O. The van der Waals surface area contributed by atoms with Gasteiger partial charge in [0.1, 0.15) is 5.54 Å². The van der Waals surface area contributed by atoms with Crippen LogP contribution >= 0.6 is 0 Å². The standard InChI is InChI=1S/C18H25N3O/c1-4-14-5-7-15(8-6-14)11-21(3)12-17(22)20-18(2,13-19)16-9-10-16/h5-8,16H,4,9-12H2,1-3H3,(H,20,22)/t18-/m0/s1. The molecule has 1 aliphatic rings. The van der Waals surface area contributed by atoms with E-state index in [9.17, 15) is 10.1 Å². The second kappa shape index (κ2) is 6.93. The van der Waals surface area contributed by atoms with Crippen molar-refractivity contribution in [3.05, 3.63) is 35.4 Å². The van der Waals surface area contributed by atoms with Crippen LogP contribution in [-0.2, 0) is 17.8 Å². The molecule has 0 aromatic heterocycles. The molecule has 0 aliphatic heterocycles. The van der Waals surface area contributed by atoms with E-state index in [-0.39, 0.29) is 5.91 Å². The highest BCUT2D eigenvalue weighted by atomic mass is 16.2. The SMILES string of the molecule is CCc1ccc(CN(C)CC(=O)N[C@@](C)(C#N)C2CC2)cc1. The fraction of sp³-hybridized carbons (Fsp3) is 0.556. The number of benzene rings is 1. The Balaban J connectivity index is 1.84. The fourth-order valence-electron chi connectivity index (χ4n) is 2.70. The van der Waals surface area contributed by atoms with Crippen LogP contribution in [0.3, 0.4) is 0 Å². The summed E-state index contributed by atoms with van der Waals surface area (Å²) in [4.78, 5) is 14.1. The topological polar surface area (TPSA) is 56.1 Å². The molecule has 1 aromatic carbocycles. The van der Waals surface area contributed by atoms with Crippen LogP contribution < -0.4 is 5.32 Å². The summed E-state index contributed by atoms with van der Waals surface area (Å²) in [6.45, 7) is 4.99. The van der Waals surface area contributed by atoms with Crippen LogP contribution in [0.1, 0.15) is 37.8 Å². The van der Waals surface area contributed by atoms with Crippen LogP contribution in [0, 0.1) is 17.2 Å². The van der Waals surface area contributed by atoms with E-state index < -0.39 is 5.54 Å². The van der Waals surface area contributed by atoms with E-state index >= 15 is 0 Å². The van der Waals surface area contributed by atoms with Crippen molar-refractivity contribution < 1.29 is 4.79 Å². The van der Waals surface area contributed by atoms with Crippen LogP contribution in [0.4, 0.5) is 0 Å². The number of hydrogen-bond acceptors (Lipinski definition) is 3. The second-order valence-electron chi connectivity index (χ2n) is 6.48. The second-order valence-corrected chi connectivity index (χ2v) is 6.48. The van der Waals surface area contributed by atoms with Gasteiger partial charge in [0.2, 0.25) is 5.91 Å². The summed E-state index contributed by atoms with van der Waals surface area (Å²) in [5.41, 5.74) is 1.80. The molecule has 1 fully saturated rings. The van der Waals surface area contributed by atoms with Gasteiger partial charge in [-0.05, 0) is 50.3 Å². The minimum absolute atomic E-state index is 0.0800. The van der Waals surface area contributed by atoms with Gasteiger partial charge in [-0.15, -0.1) is 0 Å². The summed E-state index contributed by atoms with van der Waals surface area (Å²) >= 11 is 0. The van der Waals surface area contributed by atoms with Crippen LogP contribution in [-0.4, -0.2) is 29.9 Å². The molecule has 22 heavy (non-hydrogen) atoms. The quantitative estimate of drug-likeness (QED) is 0.841. The molecule has 118 valence electrons. The lowest BCUT2D eigenvalue weighted by Gasteiger charge is -2.25. The summed E-state index contributed by atoms with van der Waals surface area (Å²) in [7, 11) is 1.92. The molecule has 1 N–H and O–H groups in total. The van der Waals surface area contributed by atoms with Gasteiger partial charge in [-0.3, -0.25) is 9.69 Å². The van der Waals surface area contributed by atoms with Crippen molar-refractivity contribution in [2.75, 3.05) is 13.6 Å².